The lowest BCUT2D eigenvalue weighted by Crippen LogP contribution is -2.18. The number of rotatable bonds is 6. The van der Waals surface area contributed by atoms with Crippen LogP contribution in [-0.2, 0) is 10.8 Å². The summed E-state index contributed by atoms with van der Waals surface area (Å²) in [5.74, 6) is 0.674. The van der Waals surface area contributed by atoms with E-state index in [4.69, 9.17) is 0 Å². The average molecular weight is 712 g/mol. The van der Waals surface area contributed by atoms with Crippen LogP contribution in [0.25, 0.3) is 44.5 Å². The molecular formula is C54H49N. The van der Waals surface area contributed by atoms with Crippen LogP contribution in [0.1, 0.15) is 93.5 Å². The van der Waals surface area contributed by atoms with Gasteiger partial charge in [-0.25, -0.2) is 0 Å². The van der Waals surface area contributed by atoms with E-state index in [1.54, 1.807) is 0 Å². The van der Waals surface area contributed by atoms with Gasteiger partial charge >= 0.3 is 0 Å². The fourth-order valence-electron chi connectivity index (χ4n) is 10.4. The van der Waals surface area contributed by atoms with Gasteiger partial charge < -0.3 is 4.90 Å². The summed E-state index contributed by atoms with van der Waals surface area (Å²) in [4.78, 5) is 2.49. The SMILES string of the molecule is CC1(C)c2ccccc2-c2ccc(-c3cccc4c3C(C)(C)c3cc(N(c5ccc(C6CCCCC6)cc5)c5ccccc5-c5ccccc5)ccc3-4)cc21. The van der Waals surface area contributed by atoms with E-state index < -0.39 is 0 Å². The maximum atomic E-state index is 2.49. The first-order chi connectivity index (χ1) is 26.8. The normalized spacial score (nSPS) is 16.2. The van der Waals surface area contributed by atoms with E-state index in [2.05, 4.69) is 190 Å². The molecule has 10 rings (SSSR count). The van der Waals surface area contributed by atoms with Gasteiger partial charge in [-0.15, -0.1) is 0 Å². The van der Waals surface area contributed by atoms with E-state index >= 15 is 0 Å². The van der Waals surface area contributed by atoms with Gasteiger partial charge in [0.25, 0.3) is 0 Å². The van der Waals surface area contributed by atoms with Gasteiger partial charge in [0.1, 0.15) is 0 Å². The number of hydrogen-bond donors (Lipinski definition) is 0. The second-order valence-corrected chi connectivity index (χ2v) is 17.2. The van der Waals surface area contributed by atoms with Crippen LogP contribution in [0.4, 0.5) is 17.1 Å². The third-order valence-corrected chi connectivity index (χ3v) is 13.3. The average Bonchev–Trinajstić information content (AvgIpc) is 3.61. The molecule has 0 atom stereocenters. The first-order valence-electron chi connectivity index (χ1n) is 20.4. The molecule has 0 unspecified atom stereocenters. The summed E-state index contributed by atoms with van der Waals surface area (Å²) in [6.45, 7) is 9.62. The maximum Gasteiger partial charge on any atom is 0.0540 e. The number of fused-ring (bicyclic) bond motifs is 6. The molecular weight excluding hydrogens is 663 g/mol. The monoisotopic (exact) mass is 711 g/mol. The van der Waals surface area contributed by atoms with Gasteiger partial charge in [-0.1, -0.05) is 168 Å². The summed E-state index contributed by atoms with van der Waals surface area (Å²) in [5.41, 5.74) is 20.9. The van der Waals surface area contributed by atoms with Crippen LogP contribution < -0.4 is 4.90 Å². The summed E-state index contributed by atoms with van der Waals surface area (Å²) in [6, 6.07) is 59.6. The molecule has 0 heterocycles. The number of para-hydroxylation sites is 1. The molecule has 0 aliphatic heterocycles. The standard InChI is InChI=1S/C54H49N/c1-53(2)48-24-13-11-21-44(48)45-32-28-39(34-49(45)53)43-22-15-23-47-46-33-31-41(35-50(46)54(3,4)52(43)47)55(40-29-26-37(27-30-40)36-16-7-5-8-17-36)51-25-14-12-20-42(51)38-18-9-6-10-19-38/h6,9-15,18-36H,5,7-8,16-17H2,1-4H3. The van der Waals surface area contributed by atoms with E-state index in [0.717, 1.165) is 0 Å². The van der Waals surface area contributed by atoms with Crippen molar-refractivity contribution in [1.29, 1.82) is 0 Å². The van der Waals surface area contributed by atoms with Gasteiger partial charge in [0.15, 0.2) is 0 Å². The Morgan fingerprint density at radius 1 is 0.418 bits per heavy atom. The molecule has 0 radical (unpaired) electrons. The molecule has 1 saturated carbocycles. The highest BCUT2D eigenvalue weighted by atomic mass is 15.1. The van der Waals surface area contributed by atoms with E-state index in [-0.39, 0.29) is 10.8 Å². The van der Waals surface area contributed by atoms with E-state index in [1.807, 2.05) is 0 Å². The Hall–Kier alpha value is -5.66. The molecule has 1 fully saturated rings. The lowest BCUT2D eigenvalue weighted by molar-refractivity contribution is 0.443. The number of anilines is 3. The van der Waals surface area contributed by atoms with Crippen LogP contribution in [0.2, 0.25) is 0 Å². The van der Waals surface area contributed by atoms with Crippen LogP contribution in [0.5, 0.6) is 0 Å². The predicted octanol–water partition coefficient (Wildman–Crippen LogP) is 15.2. The van der Waals surface area contributed by atoms with Crippen molar-refractivity contribution in [3.8, 4) is 44.5 Å². The van der Waals surface area contributed by atoms with Gasteiger partial charge in [-0.3, -0.25) is 0 Å². The maximum absolute atomic E-state index is 2.49. The number of nitrogens with zero attached hydrogens (tertiary/aromatic N) is 1. The van der Waals surface area contributed by atoms with Crippen molar-refractivity contribution in [1.82, 2.24) is 0 Å². The topological polar surface area (TPSA) is 3.24 Å². The minimum absolute atomic E-state index is 0.0403. The molecule has 1 nitrogen and oxygen atoms in total. The van der Waals surface area contributed by atoms with Crippen LogP contribution >= 0.6 is 0 Å². The highest BCUT2D eigenvalue weighted by Crippen LogP contribution is 2.55. The van der Waals surface area contributed by atoms with Crippen LogP contribution in [0.15, 0.2) is 158 Å². The molecule has 7 aromatic carbocycles. The molecule has 3 aliphatic rings. The molecule has 0 N–H and O–H groups in total. The molecule has 55 heavy (non-hydrogen) atoms. The zero-order valence-electron chi connectivity index (χ0n) is 32.6. The van der Waals surface area contributed by atoms with Crippen LogP contribution in [0.3, 0.4) is 0 Å². The first kappa shape index (κ1) is 33.9. The highest BCUT2D eigenvalue weighted by molar-refractivity contribution is 5.93. The zero-order chi connectivity index (χ0) is 37.3. The van der Waals surface area contributed by atoms with Crippen molar-refractivity contribution >= 4 is 17.1 Å². The van der Waals surface area contributed by atoms with Crippen molar-refractivity contribution in [3.05, 3.63) is 186 Å². The summed E-state index contributed by atoms with van der Waals surface area (Å²) in [6.07, 6.45) is 6.67. The summed E-state index contributed by atoms with van der Waals surface area (Å²) >= 11 is 0. The van der Waals surface area contributed by atoms with Crippen molar-refractivity contribution in [2.24, 2.45) is 0 Å². The zero-order valence-corrected chi connectivity index (χ0v) is 32.6. The van der Waals surface area contributed by atoms with E-state index in [1.165, 1.54) is 121 Å². The molecule has 0 amide bonds. The smallest absolute Gasteiger partial charge is 0.0540 e. The van der Waals surface area contributed by atoms with Gasteiger partial charge in [-0.2, -0.15) is 0 Å². The Morgan fingerprint density at radius 3 is 1.82 bits per heavy atom. The minimum Gasteiger partial charge on any atom is -0.310 e. The molecule has 0 spiro atoms. The van der Waals surface area contributed by atoms with Crippen LogP contribution in [0, 0.1) is 0 Å². The number of benzene rings is 7. The first-order valence-corrected chi connectivity index (χ1v) is 20.4. The Balaban J connectivity index is 1.09. The van der Waals surface area contributed by atoms with Gasteiger partial charge in [0.05, 0.1) is 5.69 Å². The van der Waals surface area contributed by atoms with Crippen molar-refractivity contribution in [2.75, 3.05) is 4.90 Å². The summed E-state index contributed by atoms with van der Waals surface area (Å²) in [5, 5.41) is 0. The number of hydrogen-bond acceptors (Lipinski definition) is 1. The largest absolute Gasteiger partial charge is 0.310 e. The van der Waals surface area contributed by atoms with E-state index in [9.17, 15) is 0 Å². The van der Waals surface area contributed by atoms with Crippen molar-refractivity contribution in [3.63, 3.8) is 0 Å². The Kier molecular flexibility index (Phi) is 8.00. The van der Waals surface area contributed by atoms with Gasteiger partial charge in [0.2, 0.25) is 0 Å². The van der Waals surface area contributed by atoms with Crippen molar-refractivity contribution < 1.29 is 0 Å². The summed E-state index contributed by atoms with van der Waals surface area (Å²) in [7, 11) is 0. The van der Waals surface area contributed by atoms with Crippen LogP contribution in [-0.4, -0.2) is 0 Å². The van der Waals surface area contributed by atoms with Gasteiger partial charge in [0, 0.05) is 27.8 Å². The Labute approximate surface area is 327 Å². The predicted molar refractivity (Wildman–Crippen MR) is 233 cm³/mol. The molecule has 0 saturated heterocycles. The summed E-state index contributed by atoms with van der Waals surface area (Å²) < 4.78 is 0. The third-order valence-electron chi connectivity index (χ3n) is 13.3. The van der Waals surface area contributed by atoms with E-state index in [0.29, 0.717) is 5.92 Å². The molecule has 270 valence electrons. The minimum atomic E-state index is -0.204. The Morgan fingerprint density at radius 2 is 1.02 bits per heavy atom. The molecule has 0 bridgehead atoms. The lowest BCUT2D eigenvalue weighted by Gasteiger charge is -2.30. The van der Waals surface area contributed by atoms with Crippen molar-refractivity contribution in [2.45, 2.75) is 76.5 Å². The third kappa shape index (κ3) is 5.42. The molecule has 0 aromatic heterocycles. The Bertz CT molecular complexity index is 2560. The molecule has 3 aliphatic carbocycles. The quantitative estimate of drug-likeness (QED) is 0.166. The second-order valence-electron chi connectivity index (χ2n) is 17.2. The lowest BCUT2D eigenvalue weighted by atomic mass is 9.77. The fourth-order valence-corrected chi connectivity index (χ4v) is 10.4. The molecule has 1 heteroatoms. The highest BCUT2D eigenvalue weighted by Gasteiger charge is 2.40. The second kappa shape index (κ2) is 13.0. The molecule has 7 aromatic rings. The van der Waals surface area contributed by atoms with Gasteiger partial charge in [-0.05, 0) is 122 Å². The fraction of sp³-hybridized carbons (Fsp3) is 0.222.